The van der Waals surface area contributed by atoms with E-state index in [4.69, 9.17) is 10.00 Å². The summed E-state index contributed by atoms with van der Waals surface area (Å²) in [6, 6.07) is 13.2. The van der Waals surface area contributed by atoms with Crippen molar-refractivity contribution in [2.45, 2.75) is 33.3 Å². The molecule has 6 heteroatoms. The van der Waals surface area contributed by atoms with Crippen LogP contribution in [0.15, 0.2) is 42.6 Å². The number of carbonyl (C=O) groups is 1. The number of nitrogens with zero attached hydrogens (tertiary/aromatic N) is 3. The topological polar surface area (TPSA) is 79.9 Å². The second kappa shape index (κ2) is 6.52. The predicted octanol–water partition coefficient (Wildman–Crippen LogP) is 4.74. The number of benzene rings is 1. The summed E-state index contributed by atoms with van der Waals surface area (Å²) >= 11 is 0. The standard InChI is InChI=1S/C20H20N4O2/c1-13-9-16(12-21)23-18(10-13)22-15-6-5-14-7-8-24(17(14)11-15)19(25)26-20(2,3)4/h5-11H,1-4H3,(H,22,23). The van der Waals surface area contributed by atoms with E-state index in [9.17, 15) is 4.79 Å². The molecule has 2 heterocycles. The molecule has 1 aromatic carbocycles. The summed E-state index contributed by atoms with van der Waals surface area (Å²) in [5.74, 6) is 0.580. The summed E-state index contributed by atoms with van der Waals surface area (Å²) in [6.07, 6.45) is 1.27. The van der Waals surface area contributed by atoms with Gasteiger partial charge in [-0.25, -0.2) is 9.78 Å². The Bertz CT molecular complexity index is 1020. The third-order valence-corrected chi connectivity index (χ3v) is 3.64. The number of carbonyl (C=O) groups excluding carboxylic acids is 1. The molecule has 0 atom stereocenters. The molecule has 0 saturated heterocycles. The van der Waals surface area contributed by atoms with Gasteiger partial charge in [-0.15, -0.1) is 0 Å². The minimum atomic E-state index is -0.567. The fourth-order valence-corrected chi connectivity index (χ4v) is 2.61. The Hall–Kier alpha value is -3.33. The zero-order valence-corrected chi connectivity index (χ0v) is 15.2. The molecular formula is C20H20N4O2. The summed E-state index contributed by atoms with van der Waals surface area (Å²) < 4.78 is 6.93. The molecule has 0 aliphatic heterocycles. The second-order valence-corrected chi connectivity index (χ2v) is 7.09. The van der Waals surface area contributed by atoms with E-state index in [1.807, 2.05) is 64.1 Å². The number of nitrogens with one attached hydrogen (secondary N) is 1. The Morgan fingerprint density at radius 3 is 2.69 bits per heavy atom. The molecule has 0 amide bonds. The van der Waals surface area contributed by atoms with Crippen molar-refractivity contribution in [2.24, 2.45) is 0 Å². The zero-order chi connectivity index (χ0) is 18.9. The van der Waals surface area contributed by atoms with Gasteiger partial charge >= 0.3 is 6.09 Å². The maximum absolute atomic E-state index is 12.4. The van der Waals surface area contributed by atoms with E-state index in [2.05, 4.69) is 10.3 Å². The number of hydrogen-bond acceptors (Lipinski definition) is 5. The zero-order valence-electron chi connectivity index (χ0n) is 15.2. The third-order valence-electron chi connectivity index (χ3n) is 3.64. The van der Waals surface area contributed by atoms with E-state index >= 15 is 0 Å². The normalized spacial score (nSPS) is 11.2. The lowest BCUT2D eigenvalue weighted by molar-refractivity contribution is 0.0544. The van der Waals surface area contributed by atoms with Gasteiger partial charge in [0.05, 0.1) is 5.52 Å². The Morgan fingerprint density at radius 2 is 2.00 bits per heavy atom. The summed E-state index contributed by atoms with van der Waals surface area (Å²) in [5.41, 5.74) is 2.23. The Balaban J connectivity index is 1.94. The minimum Gasteiger partial charge on any atom is -0.443 e. The predicted molar refractivity (Wildman–Crippen MR) is 101 cm³/mol. The summed E-state index contributed by atoms with van der Waals surface area (Å²) in [6.45, 7) is 7.41. The average molecular weight is 348 g/mol. The number of ether oxygens (including phenoxy) is 1. The highest BCUT2D eigenvalue weighted by atomic mass is 16.6. The van der Waals surface area contributed by atoms with Crippen molar-refractivity contribution in [1.82, 2.24) is 9.55 Å². The van der Waals surface area contributed by atoms with E-state index in [0.29, 0.717) is 11.5 Å². The summed E-state index contributed by atoms with van der Waals surface area (Å²) in [7, 11) is 0. The maximum atomic E-state index is 12.4. The van der Waals surface area contributed by atoms with Gasteiger partial charge in [-0.1, -0.05) is 6.07 Å². The van der Waals surface area contributed by atoms with E-state index in [-0.39, 0.29) is 0 Å². The first kappa shape index (κ1) is 17.5. The monoisotopic (exact) mass is 348 g/mol. The number of nitriles is 1. The smallest absolute Gasteiger partial charge is 0.418 e. The number of anilines is 2. The Morgan fingerprint density at radius 1 is 1.23 bits per heavy atom. The van der Waals surface area contributed by atoms with Gasteiger partial charge in [0.25, 0.3) is 0 Å². The van der Waals surface area contributed by atoms with E-state index in [1.54, 1.807) is 12.3 Å². The van der Waals surface area contributed by atoms with Crippen molar-refractivity contribution in [3.63, 3.8) is 0 Å². The van der Waals surface area contributed by atoms with Crippen LogP contribution in [-0.4, -0.2) is 21.2 Å². The fraction of sp³-hybridized carbons (Fsp3) is 0.250. The van der Waals surface area contributed by atoms with Crippen LogP contribution in [0.3, 0.4) is 0 Å². The lowest BCUT2D eigenvalue weighted by atomic mass is 10.2. The van der Waals surface area contributed by atoms with Crippen LogP contribution in [0, 0.1) is 18.3 Å². The first-order valence-corrected chi connectivity index (χ1v) is 8.25. The van der Waals surface area contributed by atoms with Crippen molar-refractivity contribution in [3.05, 3.63) is 53.9 Å². The molecule has 6 nitrogen and oxygen atoms in total. The van der Waals surface area contributed by atoms with Crippen LogP contribution in [0.4, 0.5) is 16.3 Å². The van der Waals surface area contributed by atoms with Gasteiger partial charge in [0.2, 0.25) is 0 Å². The van der Waals surface area contributed by atoms with E-state index < -0.39 is 11.7 Å². The fourth-order valence-electron chi connectivity index (χ4n) is 2.61. The molecule has 0 aliphatic rings. The SMILES string of the molecule is Cc1cc(C#N)nc(Nc2ccc3ccn(C(=O)OC(C)(C)C)c3c2)c1. The molecule has 0 saturated carbocycles. The maximum Gasteiger partial charge on any atom is 0.418 e. The van der Waals surface area contributed by atoms with Gasteiger partial charge in [0.15, 0.2) is 0 Å². The molecule has 0 fully saturated rings. The van der Waals surface area contributed by atoms with Crippen LogP contribution < -0.4 is 5.32 Å². The Labute approximate surface area is 152 Å². The highest BCUT2D eigenvalue weighted by molar-refractivity contribution is 5.91. The van der Waals surface area contributed by atoms with Crippen LogP contribution in [0.2, 0.25) is 0 Å². The number of hydrogen-bond donors (Lipinski definition) is 1. The van der Waals surface area contributed by atoms with Crippen molar-refractivity contribution < 1.29 is 9.53 Å². The molecule has 26 heavy (non-hydrogen) atoms. The molecule has 0 unspecified atom stereocenters. The molecule has 0 radical (unpaired) electrons. The van der Waals surface area contributed by atoms with Gasteiger partial charge in [0, 0.05) is 17.3 Å². The van der Waals surface area contributed by atoms with Gasteiger partial charge in [-0.05, 0) is 63.6 Å². The molecule has 2 aromatic heterocycles. The molecule has 0 aliphatic carbocycles. The van der Waals surface area contributed by atoms with Gasteiger partial charge in [0.1, 0.15) is 23.2 Å². The van der Waals surface area contributed by atoms with E-state index in [1.165, 1.54) is 4.57 Å². The third kappa shape index (κ3) is 3.83. The summed E-state index contributed by atoms with van der Waals surface area (Å²) in [4.78, 5) is 16.7. The molecular weight excluding hydrogens is 328 g/mol. The largest absolute Gasteiger partial charge is 0.443 e. The van der Waals surface area contributed by atoms with Crippen LogP contribution in [-0.2, 0) is 4.74 Å². The van der Waals surface area contributed by atoms with E-state index in [0.717, 1.165) is 22.2 Å². The molecule has 1 N–H and O–H groups in total. The lowest BCUT2D eigenvalue weighted by Crippen LogP contribution is -2.26. The van der Waals surface area contributed by atoms with Crippen LogP contribution in [0.5, 0.6) is 0 Å². The minimum absolute atomic E-state index is 0.353. The molecule has 0 spiro atoms. The molecule has 3 aromatic rings. The number of rotatable bonds is 2. The second-order valence-electron chi connectivity index (χ2n) is 7.09. The number of pyridine rings is 1. The number of aryl methyl sites for hydroxylation is 1. The number of aromatic nitrogens is 2. The highest BCUT2D eigenvalue weighted by Gasteiger charge is 2.19. The van der Waals surface area contributed by atoms with Crippen LogP contribution in [0.1, 0.15) is 32.0 Å². The summed E-state index contributed by atoms with van der Waals surface area (Å²) in [5, 5.41) is 13.2. The first-order chi connectivity index (χ1) is 12.2. The van der Waals surface area contributed by atoms with Gasteiger partial charge in [-0.2, -0.15) is 5.26 Å². The molecule has 3 rings (SSSR count). The average Bonchev–Trinajstić information content (AvgIpc) is 2.96. The molecule has 0 bridgehead atoms. The quantitative estimate of drug-likeness (QED) is 0.723. The van der Waals surface area contributed by atoms with Gasteiger partial charge < -0.3 is 10.1 Å². The Kier molecular flexibility index (Phi) is 4.39. The van der Waals surface area contributed by atoms with Crippen molar-refractivity contribution in [2.75, 3.05) is 5.32 Å². The van der Waals surface area contributed by atoms with Crippen LogP contribution >= 0.6 is 0 Å². The molecule has 132 valence electrons. The lowest BCUT2D eigenvalue weighted by Gasteiger charge is -2.19. The van der Waals surface area contributed by atoms with Crippen molar-refractivity contribution in [1.29, 1.82) is 5.26 Å². The number of fused-ring (bicyclic) bond motifs is 1. The van der Waals surface area contributed by atoms with Crippen LogP contribution in [0.25, 0.3) is 10.9 Å². The van der Waals surface area contributed by atoms with Gasteiger partial charge in [-0.3, -0.25) is 4.57 Å². The van der Waals surface area contributed by atoms with Crippen molar-refractivity contribution >= 4 is 28.5 Å². The first-order valence-electron chi connectivity index (χ1n) is 8.25. The highest BCUT2D eigenvalue weighted by Crippen LogP contribution is 2.24. The van der Waals surface area contributed by atoms with Crippen molar-refractivity contribution in [3.8, 4) is 6.07 Å².